The third kappa shape index (κ3) is 4.92. The molecule has 0 spiro atoms. The Bertz CT molecular complexity index is 310. The molecule has 0 radical (unpaired) electrons. The number of pyridine rings is 1. The Kier molecular flexibility index (Phi) is 7.25. The van der Waals surface area contributed by atoms with E-state index >= 15 is 0 Å². The Hall–Kier alpha value is -0.640. The molecule has 1 aliphatic heterocycles. The summed E-state index contributed by atoms with van der Waals surface area (Å²) in [5.74, 6) is 0.919. The van der Waals surface area contributed by atoms with Gasteiger partial charge in [0, 0.05) is 12.7 Å². The Morgan fingerprint density at radius 2 is 2.11 bits per heavy atom. The van der Waals surface area contributed by atoms with Crippen molar-refractivity contribution in [3.8, 4) is 0 Å². The molecule has 4 heteroatoms. The van der Waals surface area contributed by atoms with E-state index in [1.165, 1.54) is 38.0 Å². The zero-order valence-corrected chi connectivity index (χ0v) is 12.0. The number of nitrogens with zero attached hydrogens (tertiary/aromatic N) is 2. The molecule has 1 saturated heterocycles. The van der Waals surface area contributed by atoms with Gasteiger partial charge in [-0.3, -0.25) is 9.88 Å². The monoisotopic (exact) mass is 269 g/mol. The summed E-state index contributed by atoms with van der Waals surface area (Å²) in [6, 6.07) is 6.17. The highest BCUT2D eigenvalue weighted by Crippen LogP contribution is 2.20. The van der Waals surface area contributed by atoms with Gasteiger partial charge in [-0.2, -0.15) is 0 Å². The van der Waals surface area contributed by atoms with Gasteiger partial charge in [-0.25, -0.2) is 0 Å². The molecule has 0 atom stereocenters. The van der Waals surface area contributed by atoms with Crippen LogP contribution < -0.4 is 5.32 Å². The zero-order chi connectivity index (χ0) is 11.9. The van der Waals surface area contributed by atoms with E-state index in [1.54, 1.807) is 0 Å². The second-order valence-corrected chi connectivity index (χ2v) is 4.93. The van der Waals surface area contributed by atoms with Crippen molar-refractivity contribution in [3.63, 3.8) is 0 Å². The molecule has 1 aromatic rings. The predicted octanol–water partition coefficient (Wildman–Crippen LogP) is 2.32. The van der Waals surface area contributed by atoms with Gasteiger partial charge in [0.1, 0.15) is 0 Å². The number of rotatable bonds is 5. The van der Waals surface area contributed by atoms with Gasteiger partial charge in [0.2, 0.25) is 0 Å². The molecule has 102 valence electrons. The van der Waals surface area contributed by atoms with Gasteiger partial charge in [0.25, 0.3) is 0 Å². The average Bonchev–Trinajstić information content (AvgIpc) is 2.39. The lowest BCUT2D eigenvalue weighted by molar-refractivity contribution is 0.171. The largest absolute Gasteiger partial charge is 0.320 e. The summed E-state index contributed by atoms with van der Waals surface area (Å²) in [4.78, 5) is 6.92. The van der Waals surface area contributed by atoms with Crippen LogP contribution in [-0.2, 0) is 6.54 Å². The van der Waals surface area contributed by atoms with Crippen LogP contribution in [0.5, 0.6) is 0 Å². The molecule has 1 N–H and O–H groups in total. The second kappa shape index (κ2) is 8.46. The zero-order valence-electron chi connectivity index (χ0n) is 11.1. The number of halogens is 1. The summed E-state index contributed by atoms with van der Waals surface area (Å²) < 4.78 is 0. The third-order valence-corrected chi connectivity index (χ3v) is 3.62. The lowest BCUT2D eigenvalue weighted by Crippen LogP contribution is -2.34. The fraction of sp³-hybridized carbons (Fsp3) is 0.643. The average molecular weight is 270 g/mol. The summed E-state index contributed by atoms with van der Waals surface area (Å²) in [6.07, 6.45) is 5.89. The highest BCUT2D eigenvalue weighted by Gasteiger charge is 2.18. The number of piperidine rings is 1. The Balaban J connectivity index is 0.00000162. The van der Waals surface area contributed by atoms with Crippen molar-refractivity contribution in [2.24, 2.45) is 5.92 Å². The van der Waals surface area contributed by atoms with Gasteiger partial charge >= 0.3 is 0 Å². The highest BCUT2D eigenvalue weighted by molar-refractivity contribution is 5.85. The van der Waals surface area contributed by atoms with E-state index in [0.717, 1.165) is 19.0 Å². The van der Waals surface area contributed by atoms with E-state index in [2.05, 4.69) is 27.3 Å². The highest BCUT2D eigenvalue weighted by atomic mass is 35.5. The first-order chi connectivity index (χ1) is 8.38. The molecule has 3 nitrogen and oxygen atoms in total. The Morgan fingerprint density at radius 3 is 2.72 bits per heavy atom. The molecule has 1 fully saturated rings. The van der Waals surface area contributed by atoms with Crippen molar-refractivity contribution < 1.29 is 0 Å². The molecule has 0 unspecified atom stereocenters. The molecule has 2 rings (SSSR count). The van der Waals surface area contributed by atoms with Crippen LogP contribution >= 0.6 is 12.4 Å². The number of aromatic nitrogens is 1. The first-order valence-corrected chi connectivity index (χ1v) is 6.65. The van der Waals surface area contributed by atoms with Crippen LogP contribution in [0, 0.1) is 5.92 Å². The van der Waals surface area contributed by atoms with Crippen LogP contribution in [0.15, 0.2) is 24.4 Å². The number of hydrogen-bond donors (Lipinski definition) is 1. The standard InChI is InChI=1S/C14H23N3.ClH/c1-15-9-5-13-6-10-17(11-7-13)12-14-4-2-3-8-16-14;/h2-4,8,13,15H,5-7,9-12H2,1H3;1H. The van der Waals surface area contributed by atoms with Crippen molar-refractivity contribution in [2.75, 3.05) is 26.7 Å². The van der Waals surface area contributed by atoms with Gasteiger partial charge < -0.3 is 5.32 Å². The molecule has 2 heterocycles. The van der Waals surface area contributed by atoms with Gasteiger partial charge in [0.05, 0.1) is 5.69 Å². The van der Waals surface area contributed by atoms with E-state index in [1.807, 2.05) is 19.3 Å². The molecule has 0 saturated carbocycles. The van der Waals surface area contributed by atoms with E-state index < -0.39 is 0 Å². The molecule has 0 aromatic carbocycles. The smallest absolute Gasteiger partial charge is 0.0543 e. The van der Waals surface area contributed by atoms with E-state index in [-0.39, 0.29) is 12.4 Å². The fourth-order valence-electron chi connectivity index (χ4n) is 2.50. The van der Waals surface area contributed by atoms with Crippen molar-refractivity contribution >= 4 is 12.4 Å². The molecular weight excluding hydrogens is 246 g/mol. The number of hydrogen-bond acceptors (Lipinski definition) is 3. The Labute approximate surface area is 116 Å². The van der Waals surface area contributed by atoms with E-state index in [4.69, 9.17) is 0 Å². The SMILES string of the molecule is CNCCC1CCN(Cc2ccccn2)CC1.Cl. The van der Waals surface area contributed by atoms with Crippen molar-refractivity contribution in [1.82, 2.24) is 15.2 Å². The van der Waals surface area contributed by atoms with Gasteiger partial charge in [-0.15, -0.1) is 12.4 Å². The minimum Gasteiger partial charge on any atom is -0.320 e. The van der Waals surface area contributed by atoms with E-state index in [9.17, 15) is 0 Å². The van der Waals surface area contributed by atoms with Gasteiger partial charge in [-0.1, -0.05) is 6.07 Å². The summed E-state index contributed by atoms with van der Waals surface area (Å²) >= 11 is 0. The normalized spacial score (nSPS) is 17.4. The third-order valence-electron chi connectivity index (χ3n) is 3.62. The summed E-state index contributed by atoms with van der Waals surface area (Å²) in [5, 5.41) is 3.24. The van der Waals surface area contributed by atoms with Crippen LogP contribution in [0.1, 0.15) is 25.0 Å². The summed E-state index contributed by atoms with van der Waals surface area (Å²) in [7, 11) is 2.04. The van der Waals surface area contributed by atoms with Crippen LogP contribution in [0.2, 0.25) is 0 Å². The first-order valence-electron chi connectivity index (χ1n) is 6.65. The molecule has 0 aliphatic carbocycles. The maximum absolute atomic E-state index is 4.39. The predicted molar refractivity (Wildman–Crippen MR) is 78.0 cm³/mol. The fourth-order valence-corrected chi connectivity index (χ4v) is 2.50. The van der Waals surface area contributed by atoms with Crippen molar-refractivity contribution in [3.05, 3.63) is 30.1 Å². The molecular formula is C14H24ClN3. The van der Waals surface area contributed by atoms with Crippen molar-refractivity contribution in [1.29, 1.82) is 0 Å². The number of likely N-dealkylation sites (tertiary alicyclic amines) is 1. The van der Waals surface area contributed by atoms with Crippen molar-refractivity contribution in [2.45, 2.75) is 25.8 Å². The molecule has 1 aromatic heterocycles. The maximum atomic E-state index is 4.39. The first kappa shape index (κ1) is 15.4. The van der Waals surface area contributed by atoms with Crippen LogP contribution in [0.25, 0.3) is 0 Å². The lowest BCUT2D eigenvalue weighted by Gasteiger charge is -2.31. The molecule has 0 bridgehead atoms. The van der Waals surface area contributed by atoms with E-state index in [0.29, 0.717) is 0 Å². The minimum absolute atomic E-state index is 0. The van der Waals surface area contributed by atoms with Gasteiger partial charge in [0.15, 0.2) is 0 Å². The summed E-state index contributed by atoms with van der Waals surface area (Å²) in [6.45, 7) is 4.63. The minimum atomic E-state index is 0. The van der Waals surface area contributed by atoms with Crippen LogP contribution in [0.4, 0.5) is 0 Å². The second-order valence-electron chi connectivity index (χ2n) is 4.93. The Morgan fingerprint density at radius 1 is 1.33 bits per heavy atom. The van der Waals surface area contributed by atoms with Gasteiger partial charge in [-0.05, 0) is 64.0 Å². The quantitative estimate of drug-likeness (QED) is 0.889. The number of nitrogens with one attached hydrogen (secondary N) is 1. The lowest BCUT2D eigenvalue weighted by atomic mass is 9.93. The molecule has 1 aliphatic rings. The molecule has 18 heavy (non-hydrogen) atoms. The van der Waals surface area contributed by atoms with Crippen LogP contribution in [-0.4, -0.2) is 36.6 Å². The molecule has 0 amide bonds. The maximum Gasteiger partial charge on any atom is 0.0543 e. The topological polar surface area (TPSA) is 28.2 Å². The van der Waals surface area contributed by atoms with Crippen LogP contribution in [0.3, 0.4) is 0 Å². The summed E-state index contributed by atoms with van der Waals surface area (Å²) in [5.41, 5.74) is 1.20.